The van der Waals surface area contributed by atoms with Gasteiger partial charge in [0.2, 0.25) is 5.89 Å². The smallest absolute Gasteiger partial charge is 0.342 e. The van der Waals surface area contributed by atoms with Crippen LogP contribution in [0.5, 0.6) is 5.75 Å². The Kier molecular flexibility index (Phi) is 8.04. The van der Waals surface area contributed by atoms with Crippen LogP contribution in [-0.2, 0) is 27.4 Å². The number of oxazole rings is 1. The fourth-order valence-corrected chi connectivity index (χ4v) is 3.32. The van der Waals surface area contributed by atoms with Crippen molar-refractivity contribution < 1.29 is 23.7 Å². The molecular formula is C23H27NO5S. The zero-order valence-electron chi connectivity index (χ0n) is 17.6. The summed E-state index contributed by atoms with van der Waals surface area (Å²) in [6.07, 6.45) is 2.24. The second-order valence-electron chi connectivity index (χ2n) is 7.01. The van der Waals surface area contributed by atoms with E-state index < -0.39 is 0 Å². The number of aryl methyl sites for hydroxylation is 2. The lowest BCUT2D eigenvalue weighted by molar-refractivity contribution is -0.294. The first-order chi connectivity index (χ1) is 14.5. The number of hydrogen-bond acceptors (Lipinski definition) is 7. The van der Waals surface area contributed by atoms with Gasteiger partial charge in [-0.3, -0.25) is 4.89 Å². The molecule has 2 aromatic heterocycles. The molecule has 3 rings (SSSR count). The van der Waals surface area contributed by atoms with Crippen LogP contribution >= 0.6 is 11.3 Å². The second kappa shape index (κ2) is 10.9. The lowest BCUT2D eigenvalue weighted by atomic mass is 10.1. The molecule has 7 heteroatoms. The highest BCUT2D eigenvalue weighted by Gasteiger charge is 2.12. The van der Waals surface area contributed by atoms with Gasteiger partial charge in [-0.25, -0.2) is 9.78 Å². The maximum atomic E-state index is 11.7. The van der Waals surface area contributed by atoms with Gasteiger partial charge in [0, 0.05) is 6.42 Å². The van der Waals surface area contributed by atoms with Crippen LogP contribution in [0, 0.1) is 6.92 Å². The maximum absolute atomic E-state index is 11.7. The molecule has 0 saturated heterocycles. The van der Waals surface area contributed by atoms with Crippen LogP contribution in [0.3, 0.4) is 0 Å². The number of carbonyl (C=O) groups excluding carboxylic acids is 1. The summed E-state index contributed by atoms with van der Waals surface area (Å²) in [7, 11) is 0. The third kappa shape index (κ3) is 6.43. The number of hydrogen-bond donors (Lipinski definition) is 0. The van der Waals surface area contributed by atoms with Crippen LogP contribution in [0.1, 0.15) is 43.7 Å². The van der Waals surface area contributed by atoms with Gasteiger partial charge in [0.1, 0.15) is 17.6 Å². The van der Waals surface area contributed by atoms with Crippen molar-refractivity contribution in [2.75, 3.05) is 6.61 Å². The van der Waals surface area contributed by atoms with E-state index in [0.29, 0.717) is 25.3 Å². The summed E-state index contributed by atoms with van der Waals surface area (Å²) in [5.41, 5.74) is 1.95. The molecule has 0 amide bonds. The summed E-state index contributed by atoms with van der Waals surface area (Å²) < 4.78 is 11.6. The molecule has 0 saturated carbocycles. The Morgan fingerprint density at radius 3 is 2.70 bits per heavy atom. The average molecular weight is 430 g/mol. The number of ether oxygens (including phenoxy) is 1. The summed E-state index contributed by atoms with van der Waals surface area (Å²) in [5, 5.41) is 2.00. The fraction of sp³-hybridized carbons (Fsp3) is 0.391. The molecule has 2 heterocycles. The molecule has 0 radical (unpaired) electrons. The predicted molar refractivity (Wildman–Crippen MR) is 115 cm³/mol. The van der Waals surface area contributed by atoms with Gasteiger partial charge in [-0.15, -0.1) is 11.3 Å². The van der Waals surface area contributed by atoms with E-state index in [-0.39, 0.29) is 18.5 Å². The Morgan fingerprint density at radius 1 is 1.20 bits per heavy atom. The molecular weight excluding hydrogens is 402 g/mol. The van der Waals surface area contributed by atoms with E-state index in [0.717, 1.165) is 34.1 Å². The van der Waals surface area contributed by atoms with Crippen LogP contribution < -0.4 is 4.74 Å². The monoisotopic (exact) mass is 429 g/mol. The van der Waals surface area contributed by atoms with Gasteiger partial charge in [0.25, 0.3) is 0 Å². The van der Waals surface area contributed by atoms with E-state index in [1.807, 2.05) is 62.5 Å². The first-order valence-electron chi connectivity index (χ1n) is 10.1. The Morgan fingerprint density at radius 2 is 2.00 bits per heavy atom. The molecule has 0 aliphatic carbocycles. The largest absolute Gasteiger partial charge is 0.493 e. The Labute approximate surface area is 180 Å². The van der Waals surface area contributed by atoms with Gasteiger partial charge < -0.3 is 9.15 Å². The Bertz CT molecular complexity index is 918. The SMILES string of the molecule is CCC(C)OOC(=O)CCc1ccc(OCCc2nc(-c3cccs3)oc2C)cc1. The summed E-state index contributed by atoms with van der Waals surface area (Å²) in [5.74, 6) is 1.90. The summed E-state index contributed by atoms with van der Waals surface area (Å²) >= 11 is 1.61. The van der Waals surface area contributed by atoms with E-state index >= 15 is 0 Å². The summed E-state index contributed by atoms with van der Waals surface area (Å²) in [6, 6.07) is 11.7. The Balaban J connectivity index is 1.41. The van der Waals surface area contributed by atoms with Crippen LogP contribution in [0.15, 0.2) is 46.2 Å². The molecule has 1 atom stereocenters. The minimum absolute atomic E-state index is 0.0892. The van der Waals surface area contributed by atoms with Crippen LogP contribution in [0.2, 0.25) is 0 Å². The number of aromatic nitrogens is 1. The quantitative estimate of drug-likeness (QED) is 0.294. The number of rotatable bonds is 11. The molecule has 0 N–H and O–H groups in total. The predicted octanol–water partition coefficient (Wildman–Crippen LogP) is 5.54. The van der Waals surface area contributed by atoms with Crippen molar-refractivity contribution in [1.29, 1.82) is 0 Å². The van der Waals surface area contributed by atoms with E-state index in [1.54, 1.807) is 11.3 Å². The van der Waals surface area contributed by atoms with Gasteiger partial charge in [0.05, 0.1) is 23.6 Å². The standard InChI is InChI=1S/C23H27NO5S/c1-4-16(2)28-29-22(25)12-9-18-7-10-19(11-8-18)26-14-13-20-17(3)27-23(24-20)21-6-5-15-30-21/h5-8,10-11,15-16H,4,9,12-14H2,1-3H3. The molecule has 0 fully saturated rings. The molecule has 0 bridgehead atoms. The second-order valence-corrected chi connectivity index (χ2v) is 7.96. The minimum Gasteiger partial charge on any atom is -0.493 e. The molecule has 0 spiro atoms. The third-order valence-corrected chi connectivity index (χ3v) is 5.51. The van der Waals surface area contributed by atoms with Crippen molar-refractivity contribution in [1.82, 2.24) is 4.98 Å². The third-order valence-electron chi connectivity index (χ3n) is 4.65. The lowest BCUT2D eigenvalue weighted by Gasteiger charge is -2.09. The van der Waals surface area contributed by atoms with Gasteiger partial charge >= 0.3 is 5.97 Å². The molecule has 0 aliphatic rings. The molecule has 0 aliphatic heterocycles. The summed E-state index contributed by atoms with van der Waals surface area (Å²) in [4.78, 5) is 27.1. The van der Waals surface area contributed by atoms with E-state index in [2.05, 4.69) is 4.98 Å². The van der Waals surface area contributed by atoms with Gasteiger partial charge in [-0.05, 0) is 55.8 Å². The van der Waals surface area contributed by atoms with Gasteiger partial charge in [0.15, 0.2) is 0 Å². The zero-order chi connectivity index (χ0) is 21.3. The van der Waals surface area contributed by atoms with Crippen molar-refractivity contribution in [3.63, 3.8) is 0 Å². The summed E-state index contributed by atoms with van der Waals surface area (Å²) in [6.45, 7) is 6.26. The van der Waals surface area contributed by atoms with E-state index in [9.17, 15) is 4.79 Å². The first-order valence-corrected chi connectivity index (χ1v) is 11.0. The highest BCUT2D eigenvalue weighted by atomic mass is 32.1. The number of benzene rings is 1. The zero-order valence-corrected chi connectivity index (χ0v) is 18.4. The molecule has 1 aromatic carbocycles. The molecule has 1 unspecified atom stereocenters. The molecule has 160 valence electrons. The number of carbonyl (C=O) groups is 1. The van der Waals surface area contributed by atoms with Crippen molar-refractivity contribution in [3.8, 4) is 16.5 Å². The van der Waals surface area contributed by atoms with Crippen molar-refractivity contribution in [2.24, 2.45) is 0 Å². The van der Waals surface area contributed by atoms with Crippen LogP contribution in [-0.4, -0.2) is 23.7 Å². The van der Waals surface area contributed by atoms with Crippen molar-refractivity contribution in [2.45, 2.75) is 52.6 Å². The normalized spacial score (nSPS) is 12.0. The van der Waals surface area contributed by atoms with E-state index in [1.165, 1.54) is 0 Å². The highest BCUT2D eigenvalue weighted by Crippen LogP contribution is 2.26. The van der Waals surface area contributed by atoms with Crippen molar-refractivity contribution in [3.05, 3.63) is 58.8 Å². The average Bonchev–Trinajstić information content (AvgIpc) is 3.41. The van der Waals surface area contributed by atoms with Crippen LogP contribution in [0.4, 0.5) is 0 Å². The molecule has 30 heavy (non-hydrogen) atoms. The molecule has 6 nitrogen and oxygen atoms in total. The first kappa shape index (κ1) is 22.1. The van der Waals surface area contributed by atoms with Crippen LogP contribution in [0.25, 0.3) is 10.8 Å². The van der Waals surface area contributed by atoms with Crippen molar-refractivity contribution >= 4 is 17.3 Å². The van der Waals surface area contributed by atoms with E-state index in [4.69, 9.17) is 18.9 Å². The highest BCUT2D eigenvalue weighted by molar-refractivity contribution is 7.13. The van der Waals surface area contributed by atoms with Gasteiger partial charge in [-0.2, -0.15) is 4.89 Å². The minimum atomic E-state index is -0.361. The number of thiophene rings is 1. The topological polar surface area (TPSA) is 70.8 Å². The maximum Gasteiger partial charge on any atom is 0.342 e. The lowest BCUT2D eigenvalue weighted by Crippen LogP contribution is -2.13. The Hall–Kier alpha value is -2.64. The molecule has 3 aromatic rings. The fourth-order valence-electron chi connectivity index (χ4n) is 2.68. The van der Waals surface area contributed by atoms with Gasteiger partial charge in [-0.1, -0.05) is 25.1 Å². The number of nitrogens with zero attached hydrogens (tertiary/aromatic N) is 1.